The molecular formula is C72H116O6. The Morgan fingerprint density at radius 2 is 0.500 bits per heavy atom. The van der Waals surface area contributed by atoms with E-state index in [0.29, 0.717) is 19.3 Å². The summed E-state index contributed by atoms with van der Waals surface area (Å²) in [6, 6.07) is 0. The fourth-order valence-electron chi connectivity index (χ4n) is 8.35. The molecule has 1 unspecified atom stereocenters. The molecule has 0 bridgehead atoms. The van der Waals surface area contributed by atoms with Gasteiger partial charge in [0, 0.05) is 19.3 Å². The highest BCUT2D eigenvalue weighted by Gasteiger charge is 2.19. The molecule has 0 rings (SSSR count). The van der Waals surface area contributed by atoms with Crippen molar-refractivity contribution in [2.45, 2.75) is 277 Å². The number of allylic oxidation sites excluding steroid dienone is 24. The van der Waals surface area contributed by atoms with Crippen LogP contribution in [0, 0.1) is 0 Å². The second-order valence-corrected chi connectivity index (χ2v) is 20.5. The molecule has 440 valence electrons. The highest BCUT2D eigenvalue weighted by Crippen LogP contribution is 2.14. The Hall–Kier alpha value is -4.71. The van der Waals surface area contributed by atoms with Crippen LogP contribution in [0.4, 0.5) is 0 Å². The third-order valence-electron chi connectivity index (χ3n) is 13.1. The normalized spacial score (nSPS) is 13.1. The molecule has 0 N–H and O–H groups in total. The lowest BCUT2D eigenvalue weighted by Gasteiger charge is -2.18. The molecule has 6 heteroatoms. The average Bonchev–Trinajstić information content (AvgIpc) is 3.44. The van der Waals surface area contributed by atoms with E-state index in [1.54, 1.807) is 0 Å². The van der Waals surface area contributed by atoms with Crippen LogP contribution in [0.1, 0.15) is 271 Å². The van der Waals surface area contributed by atoms with Crippen LogP contribution >= 0.6 is 0 Å². The first kappa shape index (κ1) is 73.3. The second kappa shape index (κ2) is 64.8. The largest absolute Gasteiger partial charge is 0.462 e. The first-order valence-electron chi connectivity index (χ1n) is 31.8. The van der Waals surface area contributed by atoms with Gasteiger partial charge >= 0.3 is 17.9 Å². The van der Waals surface area contributed by atoms with Gasteiger partial charge in [0.2, 0.25) is 0 Å². The monoisotopic (exact) mass is 1080 g/mol. The summed E-state index contributed by atoms with van der Waals surface area (Å²) in [4.78, 5) is 38.3. The number of hydrogen-bond donors (Lipinski definition) is 0. The highest BCUT2D eigenvalue weighted by molar-refractivity contribution is 5.71. The van der Waals surface area contributed by atoms with E-state index in [1.807, 2.05) is 0 Å². The molecule has 0 saturated carbocycles. The first-order chi connectivity index (χ1) is 38.5. The minimum atomic E-state index is -0.805. The van der Waals surface area contributed by atoms with Crippen LogP contribution < -0.4 is 0 Å². The molecule has 0 saturated heterocycles. The lowest BCUT2D eigenvalue weighted by Crippen LogP contribution is -2.30. The number of ether oxygens (including phenoxy) is 3. The van der Waals surface area contributed by atoms with Crippen LogP contribution in [0.15, 0.2) is 146 Å². The topological polar surface area (TPSA) is 78.9 Å². The third kappa shape index (κ3) is 62.1. The van der Waals surface area contributed by atoms with Crippen molar-refractivity contribution in [3.05, 3.63) is 146 Å². The molecule has 78 heavy (non-hydrogen) atoms. The van der Waals surface area contributed by atoms with Crippen molar-refractivity contribution in [1.82, 2.24) is 0 Å². The molecule has 0 heterocycles. The molecule has 0 radical (unpaired) electrons. The van der Waals surface area contributed by atoms with Crippen molar-refractivity contribution in [2.24, 2.45) is 0 Å². The van der Waals surface area contributed by atoms with Gasteiger partial charge in [0.25, 0.3) is 0 Å². The smallest absolute Gasteiger partial charge is 0.306 e. The van der Waals surface area contributed by atoms with Crippen LogP contribution in [-0.2, 0) is 28.6 Å². The van der Waals surface area contributed by atoms with Crippen molar-refractivity contribution in [3.8, 4) is 0 Å². The lowest BCUT2D eigenvalue weighted by atomic mass is 10.1. The Morgan fingerprint density at radius 1 is 0.269 bits per heavy atom. The number of carbonyl (C=O) groups excluding carboxylic acids is 3. The van der Waals surface area contributed by atoms with Crippen molar-refractivity contribution < 1.29 is 28.6 Å². The summed E-state index contributed by atoms with van der Waals surface area (Å²) >= 11 is 0. The standard InChI is InChI=1S/C72H116O6/c1-4-7-10-13-16-19-22-25-28-30-31-32-33-34-35-36-37-38-39-40-41-42-45-47-50-53-56-59-62-65-71(74)77-68-69(67-76-70(73)64-61-58-55-52-49-46-43-27-24-21-18-15-12-9-6-3)78-72(75)66-63-60-57-54-51-48-44-29-26-23-20-17-14-11-8-5-2/h7,9-10,12,16,18-21,23,25,27-29,31-32,34-35,37-38,40-41,43-44,69H,4-6,8,11,13-15,17,22,24,26,30,33,36,39,42,45-68H2,1-3H3/b10-7-,12-9-,19-16-,21-18-,23-20-,28-25-,32-31-,35-34-,38-37-,41-40-,43-27-,44-29-. The number of rotatable bonds is 56. The van der Waals surface area contributed by atoms with Gasteiger partial charge in [0.05, 0.1) is 0 Å². The zero-order chi connectivity index (χ0) is 56.4. The minimum Gasteiger partial charge on any atom is -0.462 e. The zero-order valence-electron chi connectivity index (χ0n) is 50.4. The summed E-state index contributed by atoms with van der Waals surface area (Å²) in [5.41, 5.74) is 0. The molecule has 0 amide bonds. The Morgan fingerprint density at radius 3 is 0.782 bits per heavy atom. The molecular weight excluding hydrogens is 961 g/mol. The van der Waals surface area contributed by atoms with E-state index < -0.39 is 6.10 Å². The molecule has 1 atom stereocenters. The van der Waals surface area contributed by atoms with Crippen LogP contribution in [0.2, 0.25) is 0 Å². The zero-order valence-corrected chi connectivity index (χ0v) is 50.4. The third-order valence-corrected chi connectivity index (χ3v) is 13.1. The minimum absolute atomic E-state index is 0.100. The van der Waals surface area contributed by atoms with Crippen LogP contribution in [0.5, 0.6) is 0 Å². The number of esters is 3. The van der Waals surface area contributed by atoms with Gasteiger partial charge < -0.3 is 14.2 Å². The number of carbonyl (C=O) groups is 3. The molecule has 0 aliphatic heterocycles. The fraction of sp³-hybridized carbons (Fsp3) is 0.625. The van der Waals surface area contributed by atoms with E-state index in [9.17, 15) is 14.4 Å². The van der Waals surface area contributed by atoms with Crippen LogP contribution in [0.25, 0.3) is 0 Å². The van der Waals surface area contributed by atoms with Gasteiger partial charge in [-0.25, -0.2) is 0 Å². The number of unbranched alkanes of at least 4 members (excludes halogenated alkanes) is 21. The lowest BCUT2D eigenvalue weighted by molar-refractivity contribution is -0.167. The quantitative estimate of drug-likeness (QED) is 0.0261. The SMILES string of the molecule is CC/C=C\C/C=C\C/C=C\C/C=C\C/C=C\C/C=C\C/C=C\CCCCCCCCCC(=O)OCC(COC(=O)CCCCCCC/C=C\C/C=C\C/C=C\CC)OC(=O)CCCCCCC/C=C\C/C=C\CCCCCC. The van der Waals surface area contributed by atoms with E-state index in [4.69, 9.17) is 14.2 Å². The highest BCUT2D eigenvalue weighted by atomic mass is 16.6. The van der Waals surface area contributed by atoms with Gasteiger partial charge in [0.1, 0.15) is 13.2 Å². The van der Waals surface area contributed by atoms with Gasteiger partial charge in [-0.15, -0.1) is 0 Å². The molecule has 0 aromatic rings. The molecule has 0 fully saturated rings. The molecule has 0 aromatic heterocycles. The Kier molecular flexibility index (Phi) is 60.9. The van der Waals surface area contributed by atoms with Gasteiger partial charge in [-0.05, 0) is 141 Å². The van der Waals surface area contributed by atoms with Crippen LogP contribution in [-0.4, -0.2) is 37.2 Å². The molecule has 0 aliphatic carbocycles. The molecule has 0 aromatic carbocycles. The fourth-order valence-corrected chi connectivity index (χ4v) is 8.35. The maximum absolute atomic E-state index is 12.9. The summed E-state index contributed by atoms with van der Waals surface area (Å²) in [6.07, 6.45) is 92.7. The Labute approximate surface area is 480 Å². The molecule has 0 spiro atoms. The van der Waals surface area contributed by atoms with Crippen LogP contribution in [0.3, 0.4) is 0 Å². The van der Waals surface area contributed by atoms with Gasteiger partial charge in [-0.3, -0.25) is 14.4 Å². The summed E-state index contributed by atoms with van der Waals surface area (Å²) in [5, 5.41) is 0. The second-order valence-electron chi connectivity index (χ2n) is 20.5. The summed E-state index contributed by atoms with van der Waals surface area (Å²) in [7, 11) is 0. The van der Waals surface area contributed by atoms with Gasteiger partial charge in [-0.2, -0.15) is 0 Å². The average molecular weight is 1080 g/mol. The summed E-state index contributed by atoms with van der Waals surface area (Å²) < 4.78 is 16.9. The van der Waals surface area contributed by atoms with E-state index >= 15 is 0 Å². The van der Waals surface area contributed by atoms with E-state index in [-0.39, 0.29) is 31.1 Å². The predicted molar refractivity (Wildman–Crippen MR) is 339 cm³/mol. The van der Waals surface area contributed by atoms with Crippen molar-refractivity contribution in [3.63, 3.8) is 0 Å². The predicted octanol–water partition coefficient (Wildman–Crippen LogP) is 21.9. The van der Waals surface area contributed by atoms with Crippen molar-refractivity contribution >= 4 is 17.9 Å². The number of hydrogen-bond acceptors (Lipinski definition) is 6. The summed E-state index contributed by atoms with van der Waals surface area (Å²) in [5.74, 6) is -0.942. The first-order valence-corrected chi connectivity index (χ1v) is 31.8. The Balaban J connectivity index is 4.39. The maximum atomic E-state index is 12.9. The van der Waals surface area contributed by atoms with Gasteiger partial charge in [0.15, 0.2) is 6.10 Å². The van der Waals surface area contributed by atoms with E-state index in [1.165, 1.54) is 57.8 Å². The van der Waals surface area contributed by atoms with E-state index in [0.717, 1.165) is 173 Å². The van der Waals surface area contributed by atoms with Crippen molar-refractivity contribution in [1.29, 1.82) is 0 Å². The molecule has 0 aliphatic rings. The summed E-state index contributed by atoms with van der Waals surface area (Å²) in [6.45, 7) is 6.36. The maximum Gasteiger partial charge on any atom is 0.306 e. The molecule has 6 nitrogen and oxygen atoms in total. The van der Waals surface area contributed by atoms with Gasteiger partial charge in [-0.1, -0.05) is 256 Å². The van der Waals surface area contributed by atoms with E-state index in [2.05, 4.69) is 167 Å². The Bertz CT molecular complexity index is 1710. The van der Waals surface area contributed by atoms with Crippen molar-refractivity contribution in [2.75, 3.05) is 13.2 Å².